The standard InChI is InChI=1S/C16H19N3O4/c1-9(19-10(2)20)16(22)23-14(15(17)21)7-11-8-18-13-6-4-3-5-12(11)13/h3-6,8-9,14,18H,7H2,1-2H3,(H2,17,21)(H,19,20)/t9-,14?/m0/s1. The highest BCUT2D eigenvalue weighted by Gasteiger charge is 2.25. The van der Waals surface area contributed by atoms with Gasteiger partial charge in [-0.05, 0) is 18.6 Å². The Labute approximate surface area is 133 Å². The van der Waals surface area contributed by atoms with E-state index in [0.29, 0.717) is 0 Å². The lowest BCUT2D eigenvalue weighted by Crippen LogP contribution is -2.43. The summed E-state index contributed by atoms with van der Waals surface area (Å²) in [5.74, 6) is -1.80. The van der Waals surface area contributed by atoms with Crippen molar-refractivity contribution in [2.75, 3.05) is 0 Å². The smallest absolute Gasteiger partial charge is 0.329 e. The monoisotopic (exact) mass is 317 g/mol. The van der Waals surface area contributed by atoms with Gasteiger partial charge in [-0.3, -0.25) is 9.59 Å². The Morgan fingerprint density at radius 2 is 2.00 bits per heavy atom. The predicted octanol–water partition coefficient (Wildman–Crippen LogP) is 0.632. The van der Waals surface area contributed by atoms with Gasteiger partial charge in [0, 0.05) is 30.4 Å². The molecule has 0 bridgehead atoms. The van der Waals surface area contributed by atoms with Crippen LogP contribution in [-0.2, 0) is 25.5 Å². The van der Waals surface area contributed by atoms with Crippen LogP contribution in [0, 0.1) is 0 Å². The summed E-state index contributed by atoms with van der Waals surface area (Å²) in [7, 11) is 0. The minimum absolute atomic E-state index is 0.165. The summed E-state index contributed by atoms with van der Waals surface area (Å²) in [6.07, 6.45) is 0.821. The third-order valence-corrected chi connectivity index (χ3v) is 3.43. The van der Waals surface area contributed by atoms with E-state index in [0.717, 1.165) is 16.5 Å². The maximum absolute atomic E-state index is 11.9. The highest BCUT2D eigenvalue weighted by Crippen LogP contribution is 2.20. The van der Waals surface area contributed by atoms with Crippen LogP contribution in [0.3, 0.4) is 0 Å². The minimum atomic E-state index is -1.10. The van der Waals surface area contributed by atoms with E-state index in [2.05, 4.69) is 10.3 Å². The molecule has 1 heterocycles. The highest BCUT2D eigenvalue weighted by atomic mass is 16.5. The van der Waals surface area contributed by atoms with Crippen LogP contribution in [0.15, 0.2) is 30.5 Å². The number of aromatic nitrogens is 1. The highest BCUT2D eigenvalue weighted by molar-refractivity contribution is 5.88. The molecule has 0 saturated carbocycles. The third kappa shape index (κ3) is 4.09. The zero-order valence-corrected chi connectivity index (χ0v) is 13.0. The number of rotatable bonds is 6. The predicted molar refractivity (Wildman–Crippen MR) is 84.4 cm³/mol. The summed E-state index contributed by atoms with van der Waals surface area (Å²) < 4.78 is 5.15. The van der Waals surface area contributed by atoms with Crippen LogP contribution in [0.2, 0.25) is 0 Å². The van der Waals surface area contributed by atoms with Gasteiger partial charge in [0.15, 0.2) is 6.10 Å². The average molecular weight is 317 g/mol. The van der Waals surface area contributed by atoms with Crippen molar-refractivity contribution in [3.63, 3.8) is 0 Å². The number of benzene rings is 1. The average Bonchev–Trinajstić information content (AvgIpc) is 2.89. The van der Waals surface area contributed by atoms with E-state index in [1.807, 2.05) is 24.3 Å². The molecule has 7 nitrogen and oxygen atoms in total. The van der Waals surface area contributed by atoms with Gasteiger partial charge in [0.05, 0.1) is 0 Å². The van der Waals surface area contributed by atoms with Gasteiger partial charge >= 0.3 is 5.97 Å². The first-order valence-electron chi connectivity index (χ1n) is 7.20. The molecule has 2 amide bonds. The maximum Gasteiger partial charge on any atom is 0.329 e. The molecule has 1 unspecified atom stereocenters. The molecule has 0 aliphatic rings. The summed E-state index contributed by atoms with van der Waals surface area (Å²) in [5, 5.41) is 3.34. The van der Waals surface area contributed by atoms with E-state index in [9.17, 15) is 14.4 Å². The van der Waals surface area contributed by atoms with Gasteiger partial charge in [-0.1, -0.05) is 18.2 Å². The van der Waals surface area contributed by atoms with Crippen molar-refractivity contribution >= 4 is 28.7 Å². The van der Waals surface area contributed by atoms with Crippen molar-refractivity contribution in [3.05, 3.63) is 36.0 Å². The fraction of sp³-hybridized carbons (Fsp3) is 0.312. The molecule has 2 aromatic rings. The molecule has 0 radical (unpaired) electrons. The van der Waals surface area contributed by atoms with Gasteiger partial charge in [-0.2, -0.15) is 0 Å². The molecule has 4 N–H and O–H groups in total. The van der Waals surface area contributed by atoms with E-state index in [4.69, 9.17) is 10.5 Å². The molecule has 2 rings (SSSR count). The van der Waals surface area contributed by atoms with Crippen molar-refractivity contribution in [1.82, 2.24) is 10.3 Å². The lowest BCUT2D eigenvalue weighted by Gasteiger charge is -2.18. The van der Waals surface area contributed by atoms with Gasteiger partial charge in [0.25, 0.3) is 5.91 Å². The second kappa shape index (κ2) is 6.95. The minimum Gasteiger partial charge on any atom is -0.450 e. The summed E-state index contributed by atoms with van der Waals surface area (Å²) in [6.45, 7) is 2.77. The fourth-order valence-corrected chi connectivity index (χ4v) is 2.31. The quantitative estimate of drug-likeness (QED) is 0.678. The normalized spacial score (nSPS) is 13.3. The zero-order valence-electron chi connectivity index (χ0n) is 13.0. The number of ether oxygens (including phenoxy) is 1. The van der Waals surface area contributed by atoms with Gasteiger partial charge in [0.1, 0.15) is 6.04 Å². The molecule has 1 aromatic heterocycles. The Balaban J connectivity index is 2.11. The van der Waals surface area contributed by atoms with Gasteiger partial charge in [-0.25, -0.2) is 4.79 Å². The topological polar surface area (TPSA) is 114 Å². The number of hydrogen-bond acceptors (Lipinski definition) is 4. The fourth-order valence-electron chi connectivity index (χ4n) is 2.31. The maximum atomic E-state index is 11.9. The van der Waals surface area contributed by atoms with Crippen LogP contribution in [0.4, 0.5) is 0 Å². The van der Waals surface area contributed by atoms with E-state index in [-0.39, 0.29) is 12.3 Å². The first-order chi connectivity index (χ1) is 10.9. The zero-order chi connectivity index (χ0) is 17.0. The molecule has 122 valence electrons. The lowest BCUT2D eigenvalue weighted by atomic mass is 10.1. The molecule has 7 heteroatoms. The van der Waals surface area contributed by atoms with Crippen molar-refractivity contribution in [1.29, 1.82) is 0 Å². The van der Waals surface area contributed by atoms with Crippen molar-refractivity contribution in [2.45, 2.75) is 32.4 Å². The van der Waals surface area contributed by atoms with Gasteiger partial charge in [-0.15, -0.1) is 0 Å². The van der Waals surface area contributed by atoms with Crippen LogP contribution in [0.25, 0.3) is 10.9 Å². The van der Waals surface area contributed by atoms with Crippen LogP contribution < -0.4 is 11.1 Å². The van der Waals surface area contributed by atoms with E-state index < -0.39 is 24.0 Å². The molecule has 2 atom stereocenters. The van der Waals surface area contributed by atoms with Gasteiger partial charge in [0.2, 0.25) is 5.91 Å². The molecule has 0 spiro atoms. The van der Waals surface area contributed by atoms with Gasteiger partial charge < -0.3 is 20.8 Å². The summed E-state index contributed by atoms with van der Waals surface area (Å²) in [5.41, 5.74) is 7.08. The number of esters is 1. The molecular weight excluding hydrogens is 298 g/mol. The Bertz CT molecular complexity index is 738. The first-order valence-corrected chi connectivity index (χ1v) is 7.20. The number of fused-ring (bicyclic) bond motifs is 1. The molecule has 23 heavy (non-hydrogen) atoms. The molecule has 0 aliphatic heterocycles. The number of nitrogens with two attached hydrogens (primary N) is 1. The second-order valence-electron chi connectivity index (χ2n) is 5.31. The van der Waals surface area contributed by atoms with E-state index >= 15 is 0 Å². The van der Waals surface area contributed by atoms with Crippen molar-refractivity contribution < 1.29 is 19.1 Å². The Hall–Kier alpha value is -2.83. The van der Waals surface area contributed by atoms with Crippen LogP contribution >= 0.6 is 0 Å². The molecule has 1 aromatic carbocycles. The van der Waals surface area contributed by atoms with E-state index in [1.54, 1.807) is 6.20 Å². The van der Waals surface area contributed by atoms with Crippen LogP contribution in [0.5, 0.6) is 0 Å². The number of H-pyrrole nitrogens is 1. The number of para-hydroxylation sites is 1. The summed E-state index contributed by atoms with van der Waals surface area (Å²) >= 11 is 0. The SMILES string of the molecule is CC(=O)N[C@@H](C)C(=O)OC(Cc1c[nH]c2ccccc12)C(N)=O. The number of carbonyl (C=O) groups excluding carboxylic acids is 3. The van der Waals surface area contributed by atoms with Crippen molar-refractivity contribution in [2.24, 2.45) is 5.73 Å². The number of carbonyl (C=O) groups is 3. The number of hydrogen-bond donors (Lipinski definition) is 3. The number of nitrogens with one attached hydrogen (secondary N) is 2. The Morgan fingerprint density at radius 1 is 1.30 bits per heavy atom. The van der Waals surface area contributed by atoms with E-state index in [1.165, 1.54) is 13.8 Å². The molecule has 0 saturated heterocycles. The summed E-state index contributed by atoms with van der Waals surface area (Å²) in [6, 6.07) is 6.73. The first kappa shape index (κ1) is 16.5. The Morgan fingerprint density at radius 3 is 2.65 bits per heavy atom. The number of amides is 2. The molecule has 0 fully saturated rings. The third-order valence-electron chi connectivity index (χ3n) is 3.43. The molecular formula is C16H19N3O4. The van der Waals surface area contributed by atoms with Crippen molar-refractivity contribution in [3.8, 4) is 0 Å². The van der Waals surface area contributed by atoms with Crippen LogP contribution in [-0.4, -0.2) is 34.9 Å². The molecule has 0 aliphatic carbocycles. The van der Waals surface area contributed by atoms with Crippen LogP contribution in [0.1, 0.15) is 19.4 Å². The largest absolute Gasteiger partial charge is 0.450 e. The Kier molecular flexibility index (Phi) is 5.00. The second-order valence-corrected chi connectivity index (χ2v) is 5.31. The summed E-state index contributed by atoms with van der Waals surface area (Å²) in [4.78, 5) is 37.6. The number of primary amides is 1. The number of aromatic amines is 1. The lowest BCUT2D eigenvalue weighted by molar-refractivity contribution is -0.157.